The van der Waals surface area contributed by atoms with Crippen molar-refractivity contribution < 1.29 is 4.74 Å². The molecule has 20 heavy (non-hydrogen) atoms. The number of rotatable bonds is 7. The molecule has 0 amide bonds. The molecule has 0 unspecified atom stereocenters. The quantitative estimate of drug-likeness (QED) is 0.630. The first-order valence-corrected chi connectivity index (χ1v) is 7.65. The van der Waals surface area contributed by atoms with Gasteiger partial charge in [-0.2, -0.15) is 0 Å². The number of ether oxygens (including phenoxy) is 1. The molecule has 0 spiro atoms. The third-order valence-corrected chi connectivity index (χ3v) is 3.41. The van der Waals surface area contributed by atoms with E-state index in [1.54, 1.807) is 7.11 Å². The predicted molar refractivity (Wildman–Crippen MR) is 87.5 cm³/mol. The van der Waals surface area contributed by atoms with Gasteiger partial charge in [0.15, 0.2) is 0 Å². The van der Waals surface area contributed by atoms with Crippen molar-refractivity contribution >= 4 is 0 Å². The van der Waals surface area contributed by atoms with Gasteiger partial charge in [0.05, 0.1) is 0 Å². The second-order valence-corrected chi connectivity index (χ2v) is 6.10. The zero-order chi connectivity index (χ0) is 15.4. The van der Waals surface area contributed by atoms with Crippen molar-refractivity contribution in [2.75, 3.05) is 94.8 Å². The van der Waals surface area contributed by atoms with E-state index in [2.05, 4.69) is 54.8 Å². The van der Waals surface area contributed by atoms with Crippen LogP contribution in [0.4, 0.5) is 0 Å². The first-order valence-electron chi connectivity index (χ1n) is 7.65. The van der Waals surface area contributed by atoms with Crippen LogP contribution in [0, 0.1) is 0 Å². The fourth-order valence-electron chi connectivity index (χ4n) is 1.94. The Bertz CT molecular complexity index is 204. The molecule has 0 aliphatic carbocycles. The lowest BCUT2D eigenvalue weighted by atomic mass is 10.3. The lowest BCUT2D eigenvalue weighted by Gasteiger charge is -2.32. The van der Waals surface area contributed by atoms with Gasteiger partial charge < -0.3 is 19.4 Å². The van der Waals surface area contributed by atoms with Gasteiger partial charge in [-0.05, 0) is 48.2 Å². The van der Waals surface area contributed by atoms with E-state index in [-0.39, 0.29) is 0 Å². The van der Waals surface area contributed by atoms with Crippen molar-refractivity contribution in [2.45, 2.75) is 6.42 Å². The van der Waals surface area contributed by atoms with Crippen LogP contribution < -0.4 is 0 Å². The molecule has 0 bridgehead atoms. The van der Waals surface area contributed by atoms with Crippen LogP contribution in [0.3, 0.4) is 0 Å². The number of nitrogens with zero attached hydrogens (tertiary/aromatic N) is 4. The summed E-state index contributed by atoms with van der Waals surface area (Å²) in [7, 11) is 12.3. The molecule has 0 aromatic rings. The Kier molecular flexibility index (Phi) is 12.4. The van der Waals surface area contributed by atoms with Gasteiger partial charge >= 0.3 is 0 Å². The molecule has 0 aromatic carbocycles. The number of methoxy groups -OCH3 is 1. The molecule has 1 aliphatic heterocycles. The van der Waals surface area contributed by atoms with Gasteiger partial charge in [-0.3, -0.25) is 4.90 Å². The Labute approximate surface area is 126 Å². The van der Waals surface area contributed by atoms with E-state index in [9.17, 15) is 0 Å². The Hall–Kier alpha value is -0.200. The smallest absolute Gasteiger partial charge is 0.0474 e. The van der Waals surface area contributed by atoms with Crippen molar-refractivity contribution in [3.05, 3.63) is 0 Å². The van der Waals surface area contributed by atoms with Gasteiger partial charge in [0.25, 0.3) is 0 Å². The van der Waals surface area contributed by atoms with Crippen molar-refractivity contribution in [3.8, 4) is 0 Å². The average Bonchev–Trinajstić information content (AvgIpc) is 2.39. The van der Waals surface area contributed by atoms with Gasteiger partial charge in [0, 0.05) is 53.0 Å². The van der Waals surface area contributed by atoms with E-state index in [0.29, 0.717) is 0 Å². The van der Waals surface area contributed by atoms with Crippen LogP contribution in [0.1, 0.15) is 6.42 Å². The maximum Gasteiger partial charge on any atom is 0.0474 e. The molecular formula is C15H36N4O. The molecule has 1 saturated heterocycles. The normalized spacial score (nSPS) is 17.4. The van der Waals surface area contributed by atoms with Crippen molar-refractivity contribution in [2.24, 2.45) is 0 Å². The van der Waals surface area contributed by atoms with E-state index in [1.165, 1.54) is 39.3 Å². The van der Waals surface area contributed by atoms with Crippen LogP contribution in [0.2, 0.25) is 0 Å². The summed E-state index contributed by atoms with van der Waals surface area (Å²) in [6, 6.07) is 0. The molecule has 0 saturated carbocycles. The minimum atomic E-state index is 0.873. The van der Waals surface area contributed by atoms with E-state index in [4.69, 9.17) is 4.74 Å². The Balaban J connectivity index is 0.000000396. The number of piperazine rings is 1. The Morgan fingerprint density at radius 1 is 0.900 bits per heavy atom. The lowest BCUT2D eigenvalue weighted by Crippen LogP contribution is -2.46. The van der Waals surface area contributed by atoms with Gasteiger partial charge in [-0.25, -0.2) is 0 Å². The van der Waals surface area contributed by atoms with Crippen molar-refractivity contribution in [3.63, 3.8) is 0 Å². The summed E-state index contributed by atoms with van der Waals surface area (Å²) in [5.41, 5.74) is 0. The van der Waals surface area contributed by atoms with E-state index < -0.39 is 0 Å². The summed E-state index contributed by atoms with van der Waals surface area (Å²) >= 11 is 0. The predicted octanol–water partition coefficient (Wildman–Crippen LogP) is 0.380. The largest absolute Gasteiger partial charge is 0.385 e. The van der Waals surface area contributed by atoms with Crippen LogP contribution in [-0.2, 0) is 4.74 Å². The standard InChI is InChI=1S/C9H21N3.C6H15NO/c1-10(2)4-7-12-8-5-11(3)6-9-12;1-7(2)5-4-6-8-3/h4-9H2,1-3H3;4-6H2,1-3H3. The van der Waals surface area contributed by atoms with Crippen LogP contribution in [0.5, 0.6) is 0 Å². The maximum absolute atomic E-state index is 4.87. The highest BCUT2D eigenvalue weighted by Crippen LogP contribution is 1.98. The second kappa shape index (κ2) is 12.5. The van der Waals surface area contributed by atoms with Gasteiger partial charge in [0.1, 0.15) is 0 Å². The molecule has 0 aromatic heterocycles. The highest BCUT2D eigenvalue weighted by Gasteiger charge is 2.12. The summed E-state index contributed by atoms with van der Waals surface area (Å²) in [5, 5.41) is 0. The summed E-state index contributed by atoms with van der Waals surface area (Å²) in [5.74, 6) is 0. The summed E-state index contributed by atoms with van der Waals surface area (Å²) in [4.78, 5) is 9.34. The van der Waals surface area contributed by atoms with Crippen LogP contribution >= 0.6 is 0 Å². The molecule has 1 rings (SSSR count). The topological polar surface area (TPSA) is 22.2 Å². The highest BCUT2D eigenvalue weighted by atomic mass is 16.5. The Morgan fingerprint density at radius 3 is 1.90 bits per heavy atom. The third-order valence-electron chi connectivity index (χ3n) is 3.41. The van der Waals surface area contributed by atoms with Gasteiger partial charge in [-0.15, -0.1) is 0 Å². The number of hydrogen-bond acceptors (Lipinski definition) is 5. The molecule has 5 heteroatoms. The fourth-order valence-corrected chi connectivity index (χ4v) is 1.94. The lowest BCUT2D eigenvalue weighted by molar-refractivity contribution is 0.145. The zero-order valence-electron chi connectivity index (χ0n) is 14.6. The van der Waals surface area contributed by atoms with Crippen LogP contribution in [-0.4, -0.2) is 114 Å². The molecule has 122 valence electrons. The number of hydrogen-bond donors (Lipinski definition) is 0. The third kappa shape index (κ3) is 12.8. The van der Waals surface area contributed by atoms with E-state index in [0.717, 1.165) is 19.6 Å². The summed E-state index contributed by atoms with van der Waals surface area (Å²) < 4.78 is 4.87. The first-order chi connectivity index (χ1) is 9.45. The van der Waals surface area contributed by atoms with Crippen LogP contribution in [0.25, 0.3) is 0 Å². The molecule has 5 nitrogen and oxygen atoms in total. The van der Waals surface area contributed by atoms with Crippen molar-refractivity contribution in [1.82, 2.24) is 19.6 Å². The second-order valence-electron chi connectivity index (χ2n) is 6.10. The SMILES string of the molecule is CN(C)CCN1CCN(C)CC1.COCCCN(C)C. The van der Waals surface area contributed by atoms with Gasteiger partial charge in [0.2, 0.25) is 0 Å². The summed E-state index contributed by atoms with van der Waals surface area (Å²) in [6.07, 6.45) is 1.13. The molecule has 1 fully saturated rings. The molecule has 1 aliphatic rings. The fraction of sp³-hybridized carbons (Fsp3) is 1.00. The molecular weight excluding hydrogens is 252 g/mol. The van der Waals surface area contributed by atoms with E-state index >= 15 is 0 Å². The number of likely N-dealkylation sites (N-methyl/N-ethyl adjacent to an activating group) is 2. The molecule has 1 heterocycles. The van der Waals surface area contributed by atoms with Crippen LogP contribution in [0.15, 0.2) is 0 Å². The minimum absolute atomic E-state index is 0.873. The molecule has 0 atom stereocenters. The average molecular weight is 288 g/mol. The Morgan fingerprint density at radius 2 is 1.45 bits per heavy atom. The molecule has 0 N–H and O–H groups in total. The molecule has 0 radical (unpaired) electrons. The highest BCUT2D eigenvalue weighted by molar-refractivity contribution is 4.69. The van der Waals surface area contributed by atoms with Crippen molar-refractivity contribution in [1.29, 1.82) is 0 Å². The minimum Gasteiger partial charge on any atom is -0.385 e. The summed E-state index contributed by atoms with van der Waals surface area (Å²) in [6.45, 7) is 9.34. The van der Waals surface area contributed by atoms with E-state index in [1.807, 2.05) is 0 Å². The van der Waals surface area contributed by atoms with Gasteiger partial charge in [-0.1, -0.05) is 0 Å². The zero-order valence-corrected chi connectivity index (χ0v) is 14.6. The first kappa shape index (κ1) is 19.8. The maximum atomic E-state index is 4.87. The monoisotopic (exact) mass is 288 g/mol.